The number of rotatable bonds is 5. The molecule has 1 aliphatic rings. The highest BCUT2D eigenvalue weighted by Crippen LogP contribution is 2.41. The molecule has 1 unspecified atom stereocenters. The summed E-state index contributed by atoms with van der Waals surface area (Å²) in [6, 6.07) is 10.9. The molecule has 1 aliphatic heterocycles. The summed E-state index contributed by atoms with van der Waals surface area (Å²) >= 11 is 6.11. The van der Waals surface area contributed by atoms with E-state index in [-0.39, 0.29) is 0 Å². The maximum absolute atomic E-state index is 10.9. The highest BCUT2D eigenvalue weighted by Gasteiger charge is 2.23. The van der Waals surface area contributed by atoms with Crippen molar-refractivity contribution in [2.75, 3.05) is 25.1 Å². The molecule has 2 aromatic carbocycles. The van der Waals surface area contributed by atoms with E-state index in [2.05, 4.69) is 11.9 Å². The summed E-state index contributed by atoms with van der Waals surface area (Å²) in [7, 11) is 0. The second kappa shape index (κ2) is 6.94. The Kier molecular flexibility index (Phi) is 4.74. The molecular formula is C18H18ClNO3. The molecule has 1 atom stereocenters. The standard InChI is InChI=1S/C18H18ClNO3/c1-2-8-20-15-7-6-12(19)11-14(15)17(21)13-4-3-5-16-18(13)23-10-9-22-16/h2-7,11,17,20-21H,1,8-10H2. The van der Waals surface area contributed by atoms with Crippen LogP contribution in [0.2, 0.25) is 5.02 Å². The Balaban J connectivity index is 2.02. The van der Waals surface area contributed by atoms with Gasteiger partial charge in [-0.05, 0) is 24.3 Å². The number of para-hydroxylation sites is 1. The number of hydrogen-bond donors (Lipinski definition) is 2. The number of halogens is 1. The average Bonchev–Trinajstić information content (AvgIpc) is 2.59. The number of nitrogens with one attached hydrogen (secondary N) is 1. The maximum Gasteiger partial charge on any atom is 0.167 e. The normalized spacial score (nSPS) is 14.2. The van der Waals surface area contributed by atoms with Crippen LogP contribution in [-0.2, 0) is 0 Å². The summed E-state index contributed by atoms with van der Waals surface area (Å²) in [5.41, 5.74) is 2.14. The van der Waals surface area contributed by atoms with E-state index in [0.29, 0.717) is 47.4 Å². The lowest BCUT2D eigenvalue weighted by molar-refractivity contribution is 0.158. The predicted octanol–water partition coefficient (Wildman–Crippen LogP) is 3.79. The Hall–Kier alpha value is -2.17. The van der Waals surface area contributed by atoms with Crippen LogP contribution in [0, 0.1) is 0 Å². The summed E-state index contributed by atoms with van der Waals surface area (Å²) in [4.78, 5) is 0. The molecule has 0 radical (unpaired) electrons. The van der Waals surface area contributed by atoms with Crippen molar-refractivity contribution < 1.29 is 14.6 Å². The van der Waals surface area contributed by atoms with Crippen LogP contribution in [0.25, 0.3) is 0 Å². The van der Waals surface area contributed by atoms with Crippen LogP contribution in [0.4, 0.5) is 5.69 Å². The molecule has 4 nitrogen and oxygen atoms in total. The van der Waals surface area contributed by atoms with E-state index in [0.717, 1.165) is 5.69 Å². The number of hydrogen-bond acceptors (Lipinski definition) is 4. The van der Waals surface area contributed by atoms with Gasteiger partial charge in [0.1, 0.15) is 19.3 Å². The largest absolute Gasteiger partial charge is 0.486 e. The van der Waals surface area contributed by atoms with Gasteiger partial charge in [0.15, 0.2) is 11.5 Å². The van der Waals surface area contributed by atoms with Gasteiger partial charge in [0.2, 0.25) is 0 Å². The van der Waals surface area contributed by atoms with Crippen LogP contribution in [0.5, 0.6) is 11.5 Å². The van der Waals surface area contributed by atoms with Crippen molar-refractivity contribution in [1.29, 1.82) is 0 Å². The molecule has 0 amide bonds. The van der Waals surface area contributed by atoms with Gasteiger partial charge in [0.25, 0.3) is 0 Å². The van der Waals surface area contributed by atoms with E-state index in [9.17, 15) is 5.11 Å². The van der Waals surface area contributed by atoms with Crippen LogP contribution in [0.1, 0.15) is 17.2 Å². The molecular weight excluding hydrogens is 314 g/mol. The molecule has 0 saturated carbocycles. The second-order valence-electron chi connectivity index (χ2n) is 5.18. The highest BCUT2D eigenvalue weighted by atomic mass is 35.5. The van der Waals surface area contributed by atoms with Crippen LogP contribution in [-0.4, -0.2) is 24.9 Å². The number of fused-ring (bicyclic) bond motifs is 1. The lowest BCUT2D eigenvalue weighted by Gasteiger charge is -2.24. The third kappa shape index (κ3) is 3.28. The van der Waals surface area contributed by atoms with Gasteiger partial charge in [-0.3, -0.25) is 0 Å². The molecule has 3 rings (SSSR count). The monoisotopic (exact) mass is 331 g/mol. The first kappa shape index (κ1) is 15.7. The van der Waals surface area contributed by atoms with E-state index < -0.39 is 6.10 Å². The zero-order chi connectivity index (χ0) is 16.2. The third-order valence-corrected chi connectivity index (χ3v) is 3.87. The molecule has 0 aliphatic carbocycles. The fourth-order valence-electron chi connectivity index (χ4n) is 2.58. The first-order valence-electron chi connectivity index (χ1n) is 7.41. The SMILES string of the molecule is C=CCNc1ccc(Cl)cc1C(O)c1cccc2c1OCCO2. The first-order chi connectivity index (χ1) is 11.2. The summed E-state index contributed by atoms with van der Waals surface area (Å²) < 4.78 is 11.3. The van der Waals surface area contributed by atoms with Crippen molar-refractivity contribution in [3.05, 3.63) is 65.2 Å². The van der Waals surface area contributed by atoms with Gasteiger partial charge in [-0.15, -0.1) is 6.58 Å². The van der Waals surface area contributed by atoms with Crippen molar-refractivity contribution in [3.63, 3.8) is 0 Å². The van der Waals surface area contributed by atoms with Crippen molar-refractivity contribution in [3.8, 4) is 11.5 Å². The van der Waals surface area contributed by atoms with Gasteiger partial charge < -0.3 is 19.9 Å². The Morgan fingerprint density at radius 1 is 1.22 bits per heavy atom. The minimum Gasteiger partial charge on any atom is -0.486 e. The second-order valence-corrected chi connectivity index (χ2v) is 5.61. The lowest BCUT2D eigenvalue weighted by Crippen LogP contribution is -2.18. The Bertz CT molecular complexity index is 717. The maximum atomic E-state index is 10.9. The first-order valence-corrected chi connectivity index (χ1v) is 7.79. The summed E-state index contributed by atoms with van der Waals surface area (Å²) in [5, 5.41) is 14.7. The Morgan fingerprint density at radius 2 is 2.04 bits per heavy atom. The fourth-order valence-corrected chi connectivity index (χ4v) is 2.76. The molecule has 0 bridgehead atoms. The smallest absolute Gasteiger partial charge is 0.167 e. The Labute approximate surface area is 140 Å². The fraction of sp³-hybridized carbons (Fsp3) is 0.222. The quantitative estimate of drug-likeness (QED) is 0.818. The molecule has 0 fully saturated rings. The van der Waals surface area contributed by atoms with Gasteiger partial charge in [-0.1, -0.05) is 29.8 Å². The lowest BCUT2D eigenvalue weighted by atomic mass is 9.98. The molecule has 23 heavy (non-hydrogen) atoms. The predicted molar refractivity (Wildman–Crippen MR) is 91.6 cm³/mol. The highest BCUT2D eigenvalue weighted by molar-refractivity contribution is 6.30. The van der Waals surface area contributed by atoms with Crippen LogP contribution >= 0.6 is 11.6 Å². The molecule has 2 aromatic rings. The molecule has 5 heteroatoms. The number of aliphatic hydroxyl groups is 1. The summed E-state index contributed by atoms with van der Waals surface area (Å²) in [5.74, 6) is 1.23. The molecule has 0 aromatic heterocycles. The van der Waals surface area contributed by atoms with Crippen molar-refractivity contribution in [2.45, 2.75) is 6.10 Å². The Morgan fingerprint density at radius 3 is 2.87 bits per heavy atom. The minimum absolute atomic E-state index is 0.466. The van der Waals surface area contributed by atoms with Crippen LogP contribution in [0.15, 0.2) is 49.1 Å². The van der Waals surface area contributed by atoms with Gasteiger partial charge in [0.05, 0.1) is 0 Å². The third-order valence-electron chi connectivity index (χ3n) is 3.64. The average molecular weight is 332 g/mol. The number of ether oxygens (including phenoxy) is 2. The number of benzene rings is 2. The minimum atomic E-state index is -0.877. The van der Waals surface area contributed by atoms with E-state index in [1.165, 1.54) is 0 Å². The molecule has 0 spiro atoms. The van der Waals surface area contributed by atoms with Gasteiger partial charge >= 0.3 is 0 Å². The molecule has 120 valence electrons. The zero-order valence-electron chi connectivity index (χ0n) is 12.6. The molecule has 1 heterocycles. The van der Waals surface area contributed by atoms with Crippen molar-refractivity contribution in [1.82, 2.24) is 0 Å². The summed E-state index contributed by atoms with van der Waals surface area (Å²) in [6.45, 7) is 5.26. The van der Waals surface area contributed by atoms with Gasteiger partial charge in [-0.2, -0.15) is 0 Å². The molecule has 0 saturated heterocycles. The van der Waals surface area contributed by atoms with E-state index in [1.54, 1.807) is 18.2 Å². The van der Waals surface area contributed by atoms with Crippen molar-refractivity contribution in [2.24, 2.45) is 0 Å². The van der Waals surface area contributed by atoms with E-state index in [4.69, 9.17) is 21.1 Å². The van der Waals surface area contributed by atoms with Crippen molar-refractivity contribution >= 4 is 17.3 Å². The molecule has 2 N–H and O–H groups in total. The van der Waals surface area contributed by atoms with Gasteiger partial charge in [-0.25, -0.2) is 0 Å². The summed E-state index contributed by atoms with van der Waals surface area (Å²) in [6.07, 6.45) is 0.879. The van der Waals surface area contributed by atoms with Crippen LogP contribution < -0.4 is 14.8 Å². The van der Waals surface area contributed by atoms with E-state index in [1.807, 2.05) is 24.3 Å². The topological polar surface area (TPSA) is 50.7 Å². The zero-order valence-corrected chi connectivity index (χ0v) is 13.3. The van der Waals surface area contributed by atoms with E-state index >= 15 is 0 Å². The van der Waals surface area contributed by atoms with Crippen LogP contribution in [0.3, 0.4) is 0 Å². The number of anilines is 1. The number of aliphatic hydroxyl groups excluding tert-OH is 1. The van der Waals surface area contributed by atoms with Gasteiger partial charge in [0, 0.05) is 28.4 Å².